The lowest BCUT2D eigenvalue weighted by Crippen LogP contribution is -2.49. The zero-order chi connectivity index (χ0) is 16.3. The zero-order valence-corrected chi connectivity index (χ0v) is 15.0. The minimum Gasteiger partial charge on any atom is -0.381 e. The molecule has 1 aromatic heterocycles. The second-order valence-electron chi connectivity index (χ2n) is 5.49. The summed E-state index contributed by atoms with van der Waals surface area (Å²) in [4.78, 5) is 16.9. The van der Waals surface area contributed by atoms with Crippen LogP contribution >= 0.6 is 27.3 Å². The highest BCUT2D eigenvalue weighted by Crippen LogP contribution is 2.33. The molecular weight excluding hydrogens is 378 g/mol. The van der Waals surface area contributed by atoms with Crippen LogP contribution in [-0.2, 0) is 16.8 Å². The fourth-order valence-electron chi connectivity index (χ4n) is 2.76. The van der Waals surface area contributed by atoms with Crippen molar-refractivity contribution < 1.29 is 9.53 Å². The summed E-state index contributed by atoms with van der Waals surface area (Å²) in [5.74, 6) is -0.161. The van der Waals surface area contributed by atoms with Gasteiger partial charge in [-0.3, -0.25) is 4.79 Å². The topological polar surface area (TPSA) is 77.2 Å². The molecule has 0 bridgehead atoms. The number of nitrogens with one attached hydrogen (secondary N) is 1. The van der Waals surface area contributed by atoms with E-state index in [1.54, 1.807) is 5.38 Å². The number of aromatic nitrogens is 1. The molecule has 122 valence electrons. The molecule has 0 saturated carbocycles. The van der Waals surface area contributed by atoms with E-state index in [1.165, 1.54) is 11.3 Å². The quantitative estimate of drug-likeness (QED) is 0.833. The van der Waals surface area contributed by atoms with Crippen molar-refractivity contribution in [3.8, 4) is 0 Å². The van der Waals surface area contributed by atoms with Crippen molar-refractivity contribution in [1.29, 1.82) is 0 Å². The third-order valence-electron chi connectivity index (χ3n) is 4.05. The summed E-state index contributed by atoms with van der Waals surface area (Å²) >= 11 is 4.86. The van der Waals surface area contributed by atoms with Gasteiger partial charge in [0.25, 0.3) is 5.91 Å². The van der Waals surface area contributed by atoms with Crippen LogP contribution in [0.3, 0.4) is 0 Å². The van der Waals surface area contributed by atoms with Gasteiger partial charge in [-0.25, -0.2) is 4.98 Å². The number of nitrogens with zero attached hydrogens (tertiary/aromatic N) is 1. The van der Waals surface area contributed by atoms with Gasteiger partial charge < -0.3 is 15.8 Å². The maximum atomic E-state index is 12.6. The summed E-state index contributed by atoms with van der Waals surface area (Å²) in [6.07, 6.45) is 1.49. The van der Waals surface area contributed by atoms with Crippen molar-refractivity contribution in [3.63, 3.8) is 0 Å². The van der Waals surface area contributed by atoms with Gasteiger partial charge in [-0.1, -0.05) is 28.1 Å². The van der Waals surface area contributed by atoms with E-state index >= 15 is 0 Å². The number of hydrogen-bond donors (Lipinski definition) is 2. The Labute approximate surface area is 147 Å². The number of rotatable bonds is 4. The lowest BCUT2D eigenvalue weighted by Gasteiger charge is -2.38. The molecule has 3 rings (SSSR count). The van der Waals surface area contributed by atoms with Crippen LogP contribution in [0.15, 0.2) is 34.1 Å². The Morgan fingerprint density at radius 1 is 1.35 bits per heavy atom. The van der Waals surface area contributed by atoms with Crippen molar-refractivity contribution in [2.24, 2.45) is 5.73 Å². The van der Waals surface area contributed by atoms with Gasteiger partial charge in [0.15, 0.2) is 0 Å². The summed E-state index contributed by atoms with van der Waals surface area (Å²) in [6.45, 7) is 1.60. The zero-order valence-electron chi connectivity index (χ0n) is 12.5. The summed E-state index contributed by atoms with van der Waals surface area (Å²) in [5.41, 5.74) is 6.68. The largest absolute Gasteiger partial charge is 0.381 e. The molecule has 1 aromatic carbocycles. The van der Waals surface area contributed by atoms with E-state index in [1.807, 2.05) is 24.3 Å². The van der Waals surface area contributed by atoms with Gasteiger partial charge in [0.2, 0.25) is 0 Å². The Bertz CT molecular complexity index is 681. The first-order valence-corrected chi connectivity index (χ1v) is 9.11. The van der Waals surface area contributed by atoms with Crippen LogP contribution in [0.4, 0.5) is 0 Å². The normalized spacial score (nSPS) is 17.0. The predicted molar refractivity (Wildman–Crippen MR) is 93.3 cm³/mol. The maximum absolute atomic E-state index is 12.6. The molecule has 1 aliphatic rings. The van der Waals surface area contributed by atoms with E-state index in [0.717, 1.165) is 27.9 Å². The molecule has 1 aliphatic heterocycles. The second-order valence-corrected chi connectivity index (χ2v) is 7.34. The molecule has 5 nitrogen and oxygen atoms in total. The SMILES string of the molecule is NCc1nc(C(=O)NC2(c3ccc(Br)cc3)CCOCC2)cs1. The van der Waals surface area contributed by atoms with Gasteiger partial charge in [-0.05, 0) is 30.5 Å². The Morgan fingerprint density at radius 2 is 2.04 bits per heavy atom. The molecule has 3 N–H and O–H groups in total. The molecule has 23 heavy (non-hydrogen) atoms. The number of thiazole rings is 1. The van der Waals surface area contributed by atoms with Gasteiger partial charge in [0.05, 0.1) is 5.54 Å². The van der Waals surface area contributed by atoms with E-state index in [-0.39, 0.29) is 5.91 Å². The van der Waals surface area contributed by atoms with E-state index in [9.17, 15) is 4.79 Å². The number of amides is 1. The molecule has 0 unspecified atom stereocenters. The van der Waals surface area contributed by atoms with Crippen molar-refractivity contribution in [3.05, 3.63) is 50.4 Å². The molecule has 0 aliphatic carbocycles. The Balaban J connectivity index is 1.86. The van der Waals surface area contributed by atoms with Crippen molar-refractivity contribution in [2.45, 2.75) is 24.9 Å². The first-order chi connectivity index (χ1) is 11.1. The molecular formula is C16H18BrN3O2S. The number of nitrogens with two attached hydrogens (primary N) is 1. The molecule has 1 fully saturated rings. The molecule has 0 atom stereocenters. The molecule has 2 aromatic rings. The maximum Gasteiger partial charge on any atom is 0.271 e. The third-order valence-corrected chi connectivity index (χ3v) is 5.45. The Morgan fingerprint density at radius 3 is 2.65 bits per heavy atom. The fraction of sp³-hybridized carbons (Fsp3) is 0.375. The molecule has 0 spiro atoms. The highest BCUT2D eigenvalue weighted by Gasteiger charge is 2.36. The van der Waals surface area contributed by atoms with E-state index in [0.29, 0.717) is 25.5 Å². The molecule has 1 amide bonds. The van der Waals surface area contributed by atoms with Gasteiger partial charge in [0, 0.05) is 29.6 Å². The molecule has 2 heterocycles. The Kier molecular flexibility index (Phi) is 5.11. The van der Waals surface area contributed by atoms with Gasteiger partial charge in [-0.2, -0.15) is 0 Å². The first-order valence-electron chi connectivity index (χ1n) is 7.44. The first kappa shape index (κ1) is 16.6. The number of carbonyl (C=O) groups is 1. The number of hydrogen-bond acceptors (Lipinski definition) is 5. The minimum atomic E-state index is -0.414. The van der Waals surface area contributed by atoms with Gasteiger partial charge in [0.1, 0.15) is 10.7 Å². The van der Waals surface area contributed by atoms with Crippen LogP contribution in [0.2, 0.25) is 0 Å². The van der Waals surface area contributed by atoms with Gasteiger partial charge in [-0.15, -0.1) is 11.3 Å². The lowest BCUT2D eigenvalue weighted by molar-refractivity contribution is 0.0344. The summed E-state index contributed by atoms with van der Waals surface area (Å²) in [6, 6.07) is 8.08. The molecule has 1 saturated heterocycles. The predicted octanol–water partition coefficient (Wildman–Crippen LogP) is 2.80. The van der Waals surface area contributed by atoms with Crippen LogP contribution in [0.1, 0.15) is 33.9 Å². The van der Waals surface area contributed by atoms with Crippen LogP contribution in [-0.4, -0.2) is 24.1 Å². The third kappa shape index (κ3) is 3.63. The number of ether oxygens (including phenoxy) is 1. The average Bonchev–Trinajstić information content (AvgIpc) is 3.05. The lowest BCUT2D eigenvalue weighted by atomic mass is 9.82. The second kappa shape index (κ2) is 7.09. The van der Waals surface area contributed by atoms with Gasteiger partial charge >= 0.3 is 0 Å². The van der Waals surface area contributed by atoms with Crippen molar-refractivity contribution >= 4 is 33.2 Å². The van der Waals surface area contributed by atoms with Crippen molar-refractivity contribution in [2.75, 3.05) is 13.2 Å². The highest BCUT2D eigenvalue weighted by molar-refractivity contribution is 9.10. The molecule has 0 radical (unpaired) electrons. The molecule has 7 heteroatoms. The van der Waals surface area contributed by atoms with E-state index < -0.39 is 5.54 Å². The Hall–Kier alpha value is -1.28. The monoisotopic (exact) mass is 395 g/mol. The standard InChI is InChI=1S/C16H18BrN3O2S/c17-12-3-1-11(2-4-12)16(5-7-22-8-6-16)20-15(21)13-10-23-14(9-18)19-13/h1-4,10H,5-9,18H2,(H,20,21). The summed E-state index contributed by atoms with van der Waals surface area (Å²) in [5, 5.41) is 5.71. The number of benzene rings is 1. The summed E-state index contributed by atoms with van der Waals surface area (Å²) < 4.78 is 6.50. The van der Waals surface area contributed by atoms with Crippen LogP contribution in [0.25, 0.3) is 0 Å². The summed E-state index contributed by atoms with van der Waals surface area (Å²) in [7, 11) is 0. The van der Waals surface area contributed by atoms with Crippen molar-refractivity contribution in [1.82, 2.24) is 10.3 Å². The number of halogens is 1. The highest BCUT2D eigenvalue weighted by atomic mass is 79.9. The minimum absolute atomic E-state index is 0.161. The van der Waals surface area contributed by atoms with E-state index in [2.05, 4.69) is 26.2 Å². The fourth-order valence-corrected chi connectivity index (χ4v) is 3.68. The number of carbonyl (C=O) groups excluding carboxylic acids is 1. The van der Waals surface area contributed by atoms with Crippen LogP contribution < -0.4 is 11.1 Å². The van der Waals surface area contributed by atoms with Crippen LogP contribution in [0, 0.1) is 0 Å². The average molecular weight is 396 g/mol. The smallest absolute Gasteiger partial charge is 0.271 e. The van der Waals surface area contributed by atoms with Crippen LogP contribution in [0.5, 0.6) is 0 Å². The van der Waals surface area contributed by atoms with E-state index in [4.69, 9.17) is 10.5 Å².